The molecule has 29 heavy (non-hydrogen) atoms. The summed E-state index contributed by atoms with van der Waals surface area (Å²) in [5.74, 6) is 0. The number of carbonyl (C=O) groups is 1. The van der Waals surface area contributed by atoms with Crippen molar-refractivity contribution >= 4 is 21.7 Å². The van der Waals surface area contributed by atoms with Gasteiger partial charge in [-0.15, -0.1) is 0 Å². The first-order valence-corrected chi connectivity index (χ1v) is 12.1. The van der Waals surface area contributed by atoms with Gasteiger partial charge in [0.05, 0.1) is 0 Å². The molecule has 0 aromatic heterocycles. The van der Waals surface area contributed by atoms with Crippen molar-refractivity contribution in [2.45, 2.75) is 63.8 Å². The summed E-state index contributed by atoms with van der Waals surface area (Å²) in [6.07, 6.45) is 9.45. The molecular weight excluding hydrogens is 386 g/mol. The van der Waals surface area contributed by atoms with Gasteiger partial charge in [-0.25, -0.2) is 17.9 Å². The predicted octanol–water partition coefficient (Wildman–Crippen LogP) is 3.32. The lowest BCUT2D eigenvalue weighted by atomic mass is 9.87. The van der Waals surface area contributed by atoms with Gasteiger partial charge in [0, 0.05) is 23.2 Å². The van der Waals surface area contributed by atoms with Crippen LogP contribution >= 0.6 is 0 Å². The van der Waals surface area contributed by atoms with Crippen molar-refractivity contribution in [1.82, 2.24) is 9.62 Å². The number of urea groups is 1. The Kier molecular flexibility index (Phi) is 5.46. The molecule has 2 aliphatic carbocycles. The Morgan fingerprint density at radius 2 is 1.86 bits per heavy atom. The van der Waals surface area contributed by atoms with E-state index in [1.54, 1.807) is 6.08 Å². The maximum absolute atomic E-state index is 12.5. The fourth-order valence-corrected chi connectivity index (χ4v) is 5.72. The molecule has 0 saturated carbocycles. The Morgan fingerprint density at radius 1 is 1.21 bits per heavy atom. The fraction of sp³-hybridized carbons (Fsp3) is 0.545. The Hall–Kier alpha value is -1.86. The molecule has 1 atom stereocenters. The van der Waals surface area contributed by atoms with E-state index in [9.17, 15) is 13.2 Å². The molecule has 2 N–H and O–H groups in total. The van der Waals surface area contributed by atoms with Crippen LogP contribution in [-0.2, 0) is 35.7 Å². The molecule has 1 saturated heterocycles. The van der Waals surface area contributed by atoms with E-state index in [1.807, 2.05) is 6.92 Å². The molecule has 1 aromatic rings. The normalized spacial score (nSPS) is 23.7. The van der Waals surface area contributed by atoms with E-state index in [1.165, 1.54) is 22.3 Å². The summed E-state index contributed by atoms with van der Waals surface area (Å²) < 4.78 is 27.1. The number of amides is 2. The van der Waals surface area contributed by atoms with E-state index in [4.69, 9.17) is 0 Å². The van der Waals surface area contributed by atoms with E-state index >= 15 is 0 Å². The average molecular weight is 417 g/mol. The van der Waals surface area contributed by atoms with Crippen LogP contribution in [0.4, 0.5) is 10.5 Å². The zero-order valence-electron chi connectivity index (χ0n) is 17.1. The summed E-state index contributed by atoms with van der Waals surface area (Å²) in [5, 5.41) is 4.00. The number of hydrogen-bond acceptors (Lipinski definition) is 4. The Morgan fingerprint density at radius 3 is 2.41 bits per heavy atom. The van der Waals surface area contributed by atoms with Gasteiger partial charge in [-0.2, -0.15) is 0 Å². The number of benzene rings is 1. The van der Waals surface area contributed by atoms with Crippen molar-refractivity contribution in [1.29, 1.82) is 0 Å². The minimum Gasteiger partial charge on any atom is -0.307 e. The van der Waals surface area contributed by atoms with Crippen molar-refractivity contribution < 1.29 is 13.2 Å². The zero-order chi connectivity index (χ0) is 20.6. The third kappa shape index (κ3) is 4.08. The molecule has 1 unspecified atom stereocenters. The van der Waals surface area contributed by atoms with Gasteiger partial charge >= 0.3 is 6.03 Å². The number of carbonyl (C=O) groups excluding carboxylic acids is 1. The Balaban J connectivity index is 1.46. The van der Waals surface area contributed by atoms with Crippen LogP contribution in [-0.4, -0.2) is 38.0 Å². The summed E-state index contributed by atoms with van der Waals surface area (Å²) >= 11 is 0. The highest BCUT2D eigenvalue weighted by Crippen LogP contribution is 2.38. The second-order valence-electron chi connectivity index (χ2n) is 8.59. The van der Waals surface area contributed by atoms with Gasteiger partial charge in [0.2, 0.25) is 0 Å². The summed E-state index contributed by atoms with van der Waals surface area (Å²) in [6.45, 7) is 7.64. The second kappa shape index (κ2) is 7.76. The van der Waals surface area contributed by atoms with Crippen molar-refractivity contribution in [2.75, 3.05) is 18.4 Å². The van der Waals surface area contributed by atoms with Crippen LogP contribution in [0.25, 0.3) is 0 Å². The SMILES string of the molecule is [CH2]CCN1CCC1(C)/C=C/S(=O)(=O)NC(=O)Nc1c2c(cc3c1CCC3)CCC2. The summed E-state index contributed by atoms with van der Waals surface area (Å²) in [4.78, 5) is 14.7. The minimum absolute atomic E-state index is 0.288. The molecule has 0 spiro atoms. The van der Waals surface area contributed by atoms with E-state index < -0.39 is 16.1 Å². The van der Waals surface area contributed by atoms with Crippen LogP contribution in [0.3, 0.4) is 0 Å². The first-order chi connectivity index (χ1) is 13.8. The smallest absolute Gasteiger partial charge is 0.307 e. The Bertz CT molecular complexity index is 922. The second-order valence-corrected chi connectivity index (χ2v) is 10.2. The summed E-state index contributed by atoms with van der Waals surface area (Å²) in [5.41, 5.74) is 5.51. The van der Waals surface area contributed by atoms with Gasteiger partial charge in [0.1, 0.15) is 0 Å². The van der Waals surface area contributed by atoms with E-state index in [2.05, 4.69) is 27.9 Å². The monoisotopic (exact) mass is 416 g/mol. The number of hydrogen-bond donors (Lipinski definition) is 2. The molecule has 1 heterocycles. The van der Waals surface area contributed by atoms with Crippen LogP contribution in [0.2, 0.25) is 0 Å². The third-order valence-electron chi connectivity index (χ3n) is 6.59. The van der Waals surface area contributed by atoms with E-state index in [0.717, 1.165) is 75.6 Å². The van der Waals surface area contributed by atoms with Crippen molar-refractivity contribution in [3.63, 3.8) is 0 Å². The highest BCUT2D eigenvalue weighted by atomic mass is 32.2. The number of aryl methyl sites for hydroxylation is 2. The van der Waals surface area contributed by atoms with E-state index in [0.29, 0.717) is 0 Å². The maximum Gasteiger partial charge on any atom is 0.333 e. The predicted molar refractivity (Wildman–Crippen MR) is 115 cm³/mol. The molecule has 157 valence electrons. The lowest BCUT2D eigenvalue weighted by molar-refractivity contribution is 0.0424. The van der Waals surface area contributed by atoms with Gasteiger partial charge in [-0.3, -0.25) is 4.90 Å². The van der Waals surface area contributed by atoms with Gasteiger partial charge < -0.3 is 5.32 Å². The highest BCUT2D eigenvalue weighted by Gasteiger charge is 2.37. The number of likely N-dealkylation sites (tertiary alicyclic amines) is 1. The molecule has 0 bridgehead atoms. The molecule has 1 radical (unpaired) electrons. The maximum atomic E-state index is 12.5. The van der Waals surface area contributed by atoms with E-state index in [-0.39, 0.29) is 5.54 Å². The van der Waals surface area contributed by atoms with Gasteiger partial charge in [0.25, 0.3) is 10.0 Å². The number of rotatable bonds is 6. The first kappa shape index (κ1) is 20.4. The summed E-state index contributed by atoms with van der Waals surface area (Å²) in [6, 6.07) is 1.60. The molecule has 3 aliphatic rings. The molecule has 1 aromatic carbocycles. The largest absolute Gasteiger partial charge is 0.333 e. The van der Waals surface area contributed by atoms with Crippen LogP contribution < -0.4 is 10.0 Å². The topological polar surface area (TPSA) is 78.5 Å². The van der Waals surface area contributed by atoms with Crippen LogP contribution in [0.5, 0.6) is 0 Å². The van der Waals surface area contributed by atoms with Gasteiger partial charge in [-0.05, 0) is 87.1 Å². The molecule has 1 aliphatic heterocycles. The van der Waals surface area contributed by atoms with Gasteiger partial charge in [-0.1, -0.05) is 19.1 Å². The standard InChI is InChI=1S/C22H30N3O3S/c1-3-12-25-13-10-22(25,2)11-14-29(27,28)24-21(26)23-20-18-8-4-6-16(18)15-17-7-5-9-19(17)20/h11,14-15H,1,3-10,12-13H2,2H3,(H2,23,24,26)/b14-11+. The number of nitrogens with one attached hydrogen (secondary N) is 2. The summed E-state index contributed by atoms with van der Waals surface area (Å²) in [7, 11) is -3.86. The molecule has 6 nitrogen and oxygen atoms in total. The lowest BCUT2D eigenvalue weighted by Crippen LogP contribution is -2.56. The number of sulfonamides is 1. The van der Waals surface area contributed by atoms with Crippen LogP contribution in [0, 0.1) is 6.92 Å². The highest BCUT2D eigenvalue weighted by molar-refractivity contribution is 7.92. The quantitative estimate of drug-likeness (QED) is 0.746. The number of fused-ring (bicyclic) bond motifs is 2. The van der Waals surface area contributed by atoms with Gasteiger partial charge in [0.15, 0.2) is 0 Å². The average Bonchev–Trinajstić information content (AvgIpc) is 3.32. The molecule has 2 amide bonds. The lowest BCUT2D eigenvalue weighted by Gasteiger charge is -2.49. The van der Waals surface area contributed by atoms with Crippen LogP contribution in [0.15, 0.2) is 17.6 Å². The van der Waals surface area contributed by atoms with Crippen molar-refractivity contribution in [3.8, 4) is 0 Å². The fourth-order valence-electron chi connectivity index (χ4n) is 4.88. The van der Waals surface area contributed by atoms with Crippen molar-refractivity contribution in [2.24, 2.45) is 0 Å². The number of nitrogens with zero attached hydrogens (tertiary/aromatic N) is 1. The van der Waals surface area contributed by atoms with Crippen LogP contribution in [0.1, 0.15) is 54.9 Å². The molecule has 1 fully saturated rings. The molecule has 4 rings (SSSR count). The minimum atomic E-state index is -3.86. The first-order valence-electron chi connectivity index (χ1n) is 10.6. The molecular formula is C22H30N3O3S. The van der Waals surface area contributed by atoms with Crippen molar-refractivity contribution in [3.05, 3.63) is 46.7 Å². The molecule has 7 heteroatoms. The third-order valence-corrected chi connectivity index (χ3v) is 7.56. The zero-order valence-corrected chi connectivity index (χ0v) is 17.9. The Labute approximate surface area is 173 Å². The number of anilines is 1.